The number of amides is 1. The number of nitrogens with zero attached hydrogens (tertiary/aromatic N) is 1. The summed E-state index contributed by atoms with van der Waals surface area (Å²) in [5.41, 5.74) is 12.3. The van der Waals surface area contributed by atoms with Gasteiger partial charge in [-0.2, -0.15) is 0 Å². The zero-order valence-electron chi connectivity index (χ0n) is 9.40. The summed E-state index contributed by atoms with van der Waals surface area (Å²) in [4.78, 5) is 11.4. The first kappa shape index (κ1) is 11.4. The molecule has 0 aliphatic carbocycles. The molecule has 0 spiro atoms. The molecule has 0 saturated heterocycles. The van der Waals surface area contributed by atoms with E-state index in [9.17, 15) is 4.79 Å². The van der Waals surface area contributed by atoms with E-state index >= 15 is 0 Å². The van der Waals surface area contributed by atoms with Gasteiger partial charge < -0.3 is 20.7 Å². The van der Waals surface area contributed by atoms with Gasteiger partial charge in [-0.1, -0.05) is 6.07 Å². The number of rotatable bonds is 4. The number of aromatic nitrogens is 1. The molecule has 6 heteroatoms. The molecule has 4 N–H and O–H groups in total. The van der Waals surface area contributed by atoms with Crippen molar-refractivity contribution in [3.63, 3.8) is 0 Å². The maximum absolute atomic E-state index is 11.4. The normalized spacial score (nSPS) is 10.7. The summed E-state index contributed by atoms with van der Waals surface area (Å²) in [6, 6.07) is 3.47. The molecule has 0 aliphatic rings. The van der Waals surface area contributed by atoms with Gasteiger partial charge in [0.1, 0.15) is 6.61 Å². The molecule has 0 aliphatic heterocycles. The number of nitrogens with two attached hydrogens (primary N) is 2. The van der Waals surface area contributed by atoms with Gasteiger partial charge in [0.05, 0.1) is 10.9 Å². The standard InChI is InChI=1S/C11H13N3O3/c1-6-2-3-7-9(8(6)10(13)15)11(14-17-7)16-5-4-12/h2-3H,4-5,12H2,1H3,(H2,13,15). The van der Waals surface area contributed by atoms with Crippen molar-refractivity contribution in [3.8, 4) is 5.88 Å². The van der Waals surface area contributed by atoms with Gasteiger partial charge in [0.15, 0.2) is 5.58 Å². The molecule has 17 heavy (non-hydrogen) atoms. The minimum Gasteiger partial charge on any atom is -0.474 e. The second-order valence-electron chi connectivity index (χ2n) is 3.62. The molecular formula is C11H13N3O3. The highest BCUT2D eigenvalue weighted by Gasteiger charge is 2.19. The molecule has 0 saturated carbocycles. The molecular weight excluding hydrogens is 222 g/mol. The summed E-state index contributed by atoms with van der Waals surface area (Å²) in [6.07, 6.45) is 0. The van der Waals surface area contributed by atoms with Crippen LogP contribution in [0.1, 0.15) is 15.9 Å². The Kier molecular flexibility index (Phi) is 2.97. The van der Waals surface area contributed by atoms with E-state index in [1.54, 1.807) is 19.1 Å². The lowest BCUT2D eigenvalue weighted by Crippen LogP contribution is -2.14. The van der Waals surface area contributed by atoms with Gasteiger partial charge in [-0.3, -0.25) is 4.79 Å². The van der Waals surface area contributed by atoms with Gasteiger partial charge in [0.25, 0.3) is 5.88 Å². The third-order valence-electron chi connectivity index (χ3n) is 2.42. The van der Waals surface area contributed by atoms with Crippen LogP contribution in [0.5, 0.6) is 5.88 Å². The van der Waals surface area contributed by atoms with Crippen LogP contribution in [-0.4, -0.2) is 24.2 Å². The van der Waals surface area contributed by atoms with Crippen LogP contribution in [0, 0.1) is 6.92 Å². The van der Waals surface area contributed by atoms with Gasteiger partial charge in [0.2, 0.25) is 5.91 Å². The third kappa shape index (κ3) is 1.94. The van der Waals surface area contributed by atoms with Gasteiger partial charge >= 0.3 is 0 Å². The smallest absolute Gasteiger partial charge is 0.262 e. The van der Waals surface area contributed by atoms with E-state index in [1.807, 2.05) is 0 Å². The summed E-state index contributed by atoms with van der Waals surface area (Å²) in [6.45, 7) is 2.44. The molecule has 0 atom stereocenters. The van der Waals surface area contributed by atoms with Crippen LogP contribution in [0.3, 0.4) is 0 Å². The van der Waals surface area contributed by atoms with E-state index < -0.39 is 5.91 Å². The van der Waals surface area contributed by atoms with Crippen LogP contribution in [0.4, 0.5) is 0 Å². The Balaban J connectivity index is 2.63. The predicted octanol–water partition coefficient (Wildman–Crippen LogP) is 0.573. The maximum Gasteiger partial charge on any atom is 0.262 e. The van der Waals surface area contributed by atoms with Gasteiger partial charge in [-0.15, -0.1) is 0 Å². The van der Waals surface area contributed by atoms with Crippen LogP contribution >= 0.6 is 0 Å². The van der Waals surface area contributed by atoms with Crippen molar-refractivity contribution in [2.45, 2.75) is 6.92 Å². The highest BCUT2D eigenvalue weighted by atomic mass is 16.5. The van der Waals surface area contributed by atoms with E-state index in [-0.39, 0.29) is 5.88 Å². The summed E-state index contributed by atoms with van der Waals surface area (Å²) in [7, 11) is 0. The summed E-state index contributed by atoms with van der Waals surface area (Å²) >= 11 is 0. The quantitative estimate of drug-likeness (QED) is 0.806. The average molecular weight is 235 g/mol. The Morgan fingerprint density at radius 1 is 1.53 bits per heavy atom. The van der Waals surface area contributed by atoms with Gasteiger partial charge in [-0.25, -0.2) is 0 Å². The lowest BCUT2D eigenvalue weighted by Gasteiger charge is -2.04. The Morgan fingerprint density at radius 2 is 2.29 bits per heavy atom. The molecule has 2 rings (SSSR count). The largest absolute Gasteiger partial charge is 0.474 e. The zero-order valence-corrected chi connectivity index (χ0v) is 9.40. The first-order chi connectivity index (χ1) is 8.15. The number of hydrogen-bond donors (Lipinski definition) is 2. The Bertz CT molecular complexity index is 562. The molecule has 1 aromatic heterocycles. The number of ether oxygens (including phenoxy) is 1. The first-order valence-electron chi connectivity index (χ1n) is 5.16. The van der Waals surface area contributed by atoms with Crippen LogP contribution in [0.15, 0.2) is 16.7 Å². The van der Waals surface area contributed by atoms with Crippen LogP contribution in [0.25, 0.3) is 11.0 Å². The lowest BCUT2D eigenvalue weighted by molar-refractivity contribution is 0.100. The topological polar surface area (TPSA) is 104 Å². The highest BCUT2D eigenvalue weighted by molar-refractivity contribution is 6.08. The number of carbonyl (C=O) groups is 1. The van der Waals surface area contributed by atoms with Crippen LogP contribution < -0.4 is 16.2 Å². The van der Waals surface area contributed by atoms with Crippen molar-refractivity contribution in [3.05, 3.63) is 23.3 Å². The molecule has 0 unspecified atom stereocenters. The van der Waals surface area contributed by atoms with Gasteiger partial charge in [-0.05, 0) is 23.7 Å². The third-order valence-corrected chi connectivity index (χ3v) is 2.42. The fraction of sp³-hybridized carbons (Fsp3) is 0.273. The average Bonchev–Trinajstić information content (AvgIpc) is 2.68. The van der Waals surface area contributed by atoms with E-state index in [4.69, 9.17) is 20.7 Å². The Morgan fingerprint density at radius 3 is 2.94 bits per heavy atom. The van der Waals surface area contributed by atoms with E-state index in [2.05, 4.69) is 5.16 Å². The SMILES string of the molecule is Cc1ccc2onc(OCCN)c2c1C(N)=O. The van der Waals surface area contributed by atoms with Crippen molar-refractivity contribution in [1.29, 1.82) is 0 Å². The van der Waals surface area contributed by atoms with Gasteiger partial charge in [0, 0.05) is 6.54 Å². The number of aryl methyl sites for hydroxylation is 1. The molecule has 0 fully saturated rings. The minimum absolute atomic E-state index is 0.253. The summed E-state index contributed by atoms with van der Waals surface area (Å²) < 4.78 is 10.4. The number of fused-ring (bicyclic) bond motifs is 1. The number of carbonyl (C=O) groups excluding carboxylic acids is 1. The molecule has 6 nitrogen and oxygen atoms in total. The second kappa shape index (κ2) is 4.42. The van der Waals surface area contributed by atoms with Crippen molar-refractivity contribution in [2.24, 2.45) is 11.5 Å². The number of hydrogen-bond acceptors (Lipinski definition) is 5. The van der Waals surface area contributed by atoms with E-state index in [0.717, 1.165) is 5.56 Å². The van der Waals surface area contributed by atoms with Crippen LogP contribution in [-0.2, 0) is 0 Å². The molecule has 1 heterocycles. The van der Waals surface area contributed by atoms with E-state index in [1.165, 1.54) is 0 Å². The lowest BCUT2D eigenvalue weighted by atomic mass is 10.0. The second-order valence-corrected chi connectivity index (χ2v) is 3.62. The zero-order chi connectivity index (χ0) is 12.4. The summed E-state index contributed by atoms with van der Waals surface area (Å²) in [5.74, 6) is -0.281. The Hall–Kier alpha value is -2.08. The van der Waals surface area contributed by atoms with Crippen molar-refractivity contribution < 1.29 is 14.1 Å². The number of benzene rings is 1. The van der Waals surface area contributed by atoms with Crippen molar-refractivity contribution in [1.82, 2.24) is 5.16 Å². The first-order valence-corrected chi connectivity index (χ1v) is 5.16. The van der Waals surface area contributed by atoms with Crippen LogP contribution in [0.2, 0.25) is 0 Å². The van der Waals surface area contributed by atoms with Crippen molar-refractivity contribution >= 4 is 16.9 Å². The maximum atomic E-state index is 11.4. The molecule has 90 valence electrons. The molecule has 2 aromatic rings. The highest BCUT2D eigenvalue weighted by Crippen LogP contribution is 2.30. The molecule has 0 bridgehead atoms. The van der Waals surface area contributed by atoms with E-state index in [0.29, 0.717) is 29.7 Å². The van der Waals surface area contributed by atoms with Crippen molar-refractivity contribution in [2.75, 3.05) is 13.2 Å². The fourth-order valence-electron chi connectivity index (χ4n) is 1.68. The predicted molar refractivity (Wildman–Crippen MR) is 61.8 cm³/mol. The monoisotopic (exact) mass is 235 g/mol. The molecule has 1 amide bonds. The Labute approximate surface area is 97.5 Å². The molecule has 0 radical (unpaired) electrons. The minimum atomic E-state index is -0.533. The molecule has 1 aromatic carbocycles. The number of primary amides is 1. The summed E-state index contributed by atoms with van der Waals surface area (Å²) in [5, 5.41) is 4.26. The fourth-order valence-corrected chi connectivity index (χ4v) is 1.68.